The largest absolute Gasteiger partial charge is 0.340 e. The number of hydrogen-bond donors (Lipinski definition) is 1. The van der Waals surface area contributed by atoms with Crippen LogP contribution in [-0.4, -0.2) is 9.97 Å². The summed E-state index contributed by atoms with van der Waals surface area (Å²) in [6.07, 6.45) is 3.23. The van der Waals surface area contributed by atoms with Gasteiger partial charge in [-0.25, -0.2) is 14.4 Å². The Kier molecular flexibility index (Phi) is 8.96. The molecule has 0 radical (unpaired) electrons. The minimum Gasteiger partial charge on any atom is -0.340 e. The maximum atomic E-state index is 14.1. The van der Waals surface area contributed by atoms with Crippen LogP contribution in [0.15, 0.2) is 55.4 Å². The van der Waals surface area contributed by atoms with Crippen molar-refractivity contribution in [3.05, 3.63) is 66.2 Å². The van der Waals surface area contributed by atoms with E-state index in [0.717, 1.165) is 4.70 Å². The lowest BCUT2D eigenvalue weighted by atomic mass is 10.2. The highest BCUT2D eigenvalue weighted by molar-refractivity contribution is 7.22. The molecule has 0 saturated carbocycles. The van der Waals surface area contributed by atoms with Crippen LogP contribution < -0.4 is 5.32 Å². The van der Waals surface area contributed by atoms with Gasteiger partial charge in [0, 0.05) is 11.9 Å². The molecule has 1 N–H and O–H groups in total. The Balaban J connectivity index is 0.000000791. The molecule has 3 nitrogen and oxygen atoms in total. The Morgan fingerprint density at radius 3 is 2.54 bits per heavy atom. The molecule has 2 heterocycles. The zero-order valence-corrected chi connectivity index (χ0v) is 17.0. The van der Waals surface area contributed by atoms with Gasteiger partial charge in [0.25, 0.3) is 0 Å². The summed E-state index contributed by atoms with van der Waals surface area (Å²) in [5.74, 6) is 0.211. The van der Waals surface area contributed by atoms with Crippen molar-refractivity contribution >= 4 is 39.0 Å². The highest BCUT2D eigenvalue weighted by Gasteiger charge is 2.16. The van der Waals surface area contributed by atoms with E-state index in [9.17, 15) is 4.39 Å². The first-order valence-electron chi connectivity index (χ1n) is 8.38. The number of fused-ring (bicyclic) bond motifs is 1. The number of nitrogens with zero attached hydrogens (tertiary/aromatic N) is 2. The van der Waals surface area contributed by atoms with Gasteiger partial charge in [-0.15, -0.1) is 11.3 Å². The third-order valence-corrected chi connectivity index (χ3v) is 4.42. The van der Waals surface area contributed by atoms with Crippen molar-refractivity contribution in [1.29, 1.82) is 0 Å². The number of thiazole rings is 1. The monoisotopic (exact) mass is 391 g/mol. The predicted octanol–water partition coefficient (Wildman–Crippen LogP) is 7.31. The summed E-state index contributed by atoms with van der Waals surface area (Å²) in [6.45, 7) is 15.4. The average Bonchev–Trinajstić information content (AvgIpc) is 3.09. The number of anilines is 1. The van der Waals surface area contributed by atoms with Crippen LogP contribution >= 0.6 is 22.9 Å². The quantitative estimate of drug-likeness (QED) is 0.473. The number of aromatic nitrogens is 2. The number of rotatable bonds is 4. The van der Waals surface area contributed by atoms with Crippen molar-refractivity contribution in [2.24, 2.45) is 0 Å². The van der Waals surface area contributed by atoms with Crippen LogP contribution in [-0.2, 0) is 0 Å². The summed E-state index contributed by atoms with van der Waals surface area (Å²) in [6, 6.07) is 6.34. The minimum absolute atomic E-state index is 0.305. The molecule has 0 aliphatic rings. The van der Waals surface area contributed by atoms with Gasteiger partial charge in [0.15, 0.2) is 0 Å². The topological polar surface area (TPSA) is 37.8 Å². The Hall–Kier alpha value is -2.24. The summed E-state index contributed by atoms with van der Waals surface area (Å²) in [5.41, 5.74) is 1.64. The van der Waals surface area contributed by atoms with Crippen molar-refractivity contribution in [2.75, 3.05) is 5.32 Å². The molecule has 6 heteroatoms. The second-order valence-corrected chi connectivity index (χ2v) is 5.88. The molecule has 138 valence electrons. The number of benzene rings is 1. The van der Waals surface area contributed by atoms with E-state index in [0.29, 0.717) is 32.6 Å². The van der Waals surface area contributed by atoms with E-state index in [-0.39, 0.29) is 0 Å². The standard InChI is InChI=1S/C16H11ClFN3S.2C2H6/c1-3-9(2)20-15-14-12(7-8-19-15)21-16(22-14)13-10(17)5-4-6-11(13)18;2*1-2/h3-8H,1-2H2,(H,19,20);2*1-2H3. The molecule has 3 aromatic rings. The van der Waals surface area contributed by atoms with Crippen LogP contribution in [0.4, 0.5) is 10.2 Å². The fraction of sp³-hybridized carbons (Fsp3) is 0.200. The van der Waals surface area contributed by atoms with E-state index >= 15 is 0 Å². The van der Waals surface area contributed by atoms with E-state index in [1.165, 1.54) is 17.4 Å². The number of halogens is 2. The fourth-order valence-electron chi connectivity index (χ4n) is 1.96. The molecule has 0 fully saturated rings. The fourth-order valence-corrected chi connectivity index (χ4v) is 3.33. The third-order valence-electron chi connectivity index (χ3n) is 3.01. The second-order valence-electron chi connectivity index (χ2n) is 4.48. The van der Waals surface area contributed by atoms with Gasteiger partial charge in [0.2, 0.25) is 0 Å². The zero-order chi connectivity index (χ0) is 19.7. The summed E-state index contributed by atoms with van der Waals surface area (Å²) < 4.78 is 14.9. The van der Waals surface area contributed by atoms with Gasteiger partial charge >= 0.3 is 0 Å². The van der Waals surface area contributed by atoms with Crippen molar-refractivity contribution in [3.8, 4) is 10.6 Å². The molecule has 0 aliphatic carbocycles. The lowest BCUT2D eigenvalue weighted by Gasteiger charge is -2.04. The van der Waals surface area contributed by atoms with Crippen LogP contribution in [0.3, 0.4) is 0 Å². The van der Waals surface area contributed by atoms with Gasteiger partial charge in [0.05, 0.1) is 20.8 Å². The molecule has 0 saturated heterocycles. The van der Waals surface area contributed by atoms with Crippen LogP contribution in [0.2, 0.25) is 5.02 Å². The molecular weight excluding hydrogens is 369 g/mol. The van der Waals surface area contributed by atoms with Gasteiger partial charge in [-0.05, 0) is 24.3 Å². The Morgan fingerprint density at radius 2 is 1.92 bits per heavy atom. The summed E-state index contributed by atoms with van der Waals surface area (Å²) in [4.78, 5) is 8.73. The third kappa shape index (κ3) is 4.90. The summed E-state index contributed by atoms with van der Waals surface area (Å²) in [5, 5.41) is 3.89. The average molecular weight is 392 g/mol. The highest BCUT2D eigenvalue weighted by Crippen LogP contribution is 2.38. The Labute approximate surface area is 163 Å². The van der Waals surface area contributed by atoms with Gasteiger partial charge in [0.1, 0.15) is 16.6 Å². The minimum atomic E-state index is -0.399. The van der Waals surface area contributed by atoms with Crippen LogP contribution in [0.5, 0.6) is 0 Å². The van der Waals surface area contributed by atoms with Crippen molar-refractivity contribution < 1.29 is 4.39 Å². The Morgan fingerprint density at radius 1 is 1.23 bits per heavy atom. The van der Waals surface area contributed by atoms with Crippen LogP contribution in [0, 0.1) is 5.82 Å². The number of hydrogen-bond acceptors (Lipinski definition) is 4. The number of allylic oxidation sites excluding steroid dienone is 1. The van der Waals surface area contributed by atoms with Gasteiger partial charge in [-0.1, -0.05) is 58.5 Å². The van der Waals surface area contributed by atoms with Gasteiger partial charge in [-0.3, -0.25) is 0 Å². The maximum Gasteiger partial charge on any atom is 0.150 e. The van der Waals surface area contributed by atoms with Crippen molar-refractivity contribution in [1.82, 2.24) is 9.97 Å². The van der Waals surface area contributed by atoms with Crippen molar-refractivity contribution in [2.45, 2.75) is 27.7 Å². The first-order valence-corrected chi connectivity index (χ1v) is 9.58. The van der Waals surface area contributed by atoms with E-state index in [4.69, 9.17) is 11.6 Å². The van der Waals surface area contributed by atoms with Crippen LogP contribution in [0.1, 0.15) is 27.7 Å². The molecule has 26 heavy (non-hydrogen) atoms. The normalized spacial score (nSPS) is 9.46. The highest BCUT2D eigenvalue weighted by atomic mass is 35.5. The molecule has 0 unspecified atom stereocenters. The lowest BCUT2D eigenvalue weighted by Crippen LogP contribution is -1.96. The molecule has 3 rings (SSSR count). The van der Waals surface area contributed by atoms with E-state index in [1.54, 1.807) is 30.5 Å². The zero-order valence-electron chi connectivity index (χ0n) is 15.4. The molecule has 1 aromatic carbocycles. The SMILES string of the molecule is C=CC(=C)Nc1nccc2nc(-c3c(F)cccc3Cl)sc12.CC.CC. The first-order chi connectivity index (χ1) is 12.6. The smallest absolute Gasteiger partial charge is 0.150 e. The molecular formula is C20H23ClFN3S. The molecule has 0 amide bonds. The van der Waals surface area contributed by atoms with Crippen molar-refractivity contribution in [3.63, 3.8) is 0 Å². The molecule has 2 aromatic heterocycles. The molecule has 0 atom stereocenters. The maximum absolute atomic E-state index is 14.1. The van der Waals surface area contributed by atoms with Crippen LogP contribution in [0.25, 0.3) is 20.8 Å². The molecule has 0 spiro atoms. The van der Waals surface area contributed by atoms with Gasteiger partial charge < -0.3 is 5.32 Å². The summed E-state index contributed by atoms with van der Waals surface area (Å²) >= 11 is 7.43. The first kappa shape index (κ1) is 21.8. The number of pyridine rings is 1. The second kappa shape index (κ2) is 10.7. The van der Waals surface area contributed by atoms with E-state index in [1.807, 2.05) is 27.7 Å². The molecule has 0 aliphatic heterocycles. The van der Waals surface area contributed by atoms with E-state index < -0.39 is 5.82 Å². The lowest BCUT2D eigenvalue weighted by molar-refractivity contribution is 0.631. The summed E-state index contributed by atoms with van der Waals surface area (Å²) in [7, 11) is 0. The predicted molar refractivity (Wildman–Crippen MR) is 113 cm³/mol. The Bertz CT molecular complexity index is 870. The van der Waals surface area contributed by atoms with Gasteiger partial charge in [-0.2, -0.15) is 0 Å². The number of nitrogens with one attached hydrogen (secondary N) is 1. The van der Waals surface area contributed by atoms with E-state index in [2.05, 4.69) is 28.4 Å². The molecule has 0 bridgehead atoms.